The van der Waals surface area contributed by atoms with E-state index in [4.69, 9.17) is 0 Å². The molecule has 1 aliphatic rings. The Bertz CT molecular complexity index is 563. The molecule has 0 aliphatic carbocycles. The van der Waals surface area contributed by atoms with Crippen molar-refractivity contribution < 1.29 is 0 Å². The molecule has 2 aromatic rings. The van der Waals surface area contributed by atoms with E-state index < -0.39 is 0 Å². The Balaban J connectivity index is 1.68. The largest absolute Gasteiger partial charge is 0.294 e. The molecule has 2 aromatic heterocycles. The van der Waals surface area contributed by atoms with Crippen molar-refractivity contribution in [1.82, 2.24) is 24.6 Å². The Morgan fingerprint density at radius 1 is 1.35 bits per heavy atom. The molecule has 3 heterocycles. The van der Waals surface area contributed by atoms with Crippen LogP contribution >= 0.6 is 0 Å². The first-order valence-electron chi connectivity index (χ1n) is 7.23. The molecule has 0 N–H and O–H groups in total. The lowest BCUT2D eigenvalue weighted by Gasteiger charge is -2.24. The highest BCUT2D eigenvalue weighted by atomic mass is 15.4. The maximum absolute atomic E-state index is 4.48. The fourth-order valence-corrected chi connectivity index (χ4v) is 2.97. The van der Waals surface area contributed by atoms with Gasteiger partial charge in [0.2, 0.25) is 0 Å². The molecule has 0 aromatic carbocycles. The average molecular weight is 271 g/mol. The Morgan fingerprint density at radius 3 is 2.95 bits per heavy atom. The van der Waals surface area contributed by atoms with Gasteiger partial charge < -0.3 is 0 Å². The molecule has 5 heteroatoms. The maximum Gasteiger partial charge on any atom is 0.147 e. The number of nitrogens with zero attached hydrogens (tertiary/aromatic N) is 5. The molecule has 20 heavy (non-hydrogen) atoms. The summed E-state index contributed by atoms with van der Waals surface area (Å²) in [5.41, 5.74) is 1.28. The van der Waals surface area contributed by atoms with Crippen LogP contribution < -0.4 is 0 Å². The van der Waals surface area contributed by atoms with Gasteiger partial charge in [0.1, 0.15) is 11.6 Å². The van der Waals surface area contributed by atoms with E-state index >= 15 is 0 Å². The van der Waals surface area contributed by atoms with Crippen molar-refractivity contribution >= 4 is 0 Å². The van der Waals surface area contributed by atoms with Gasteiger partial charge in [0.05, 0.1) is 6.54 Å². The molecule has 1 aliphatic heterocycles. The number of aryl methyl sites for hydroxylation is 2. The summed E-state index contributed by atoms with van der Waals surface area (Å²) in [6.07, 6.45) is 6.28. The molecule has 1 atom stereocenters. The standard InChI is InChI=1S/C15H21N5/c1-12-17-13(2)20(18-12)11-15-6-4-8-19(15)10-14-5-3-7-16-9-14/h3,5,7,9,15H,4,6,8,10-11H2,1-2H3/t15-/m1/s1. The van der Waals surface area contributed by atoms with E-state index in [1.54, 1.807) is 0 Å². The number of aromatic nitrogens is 4. The number of rotatable bonds is 4. The lowest BCUT2D eigenvalue weighted by atomic mass is 10.2. The predicted octanol–water partition coefficient (Wildman–Crippen LogP) is 1.95. The van der Waals surface area contributed by atoms with Crippen LogP contribution in [0.5, 0.6) is 0 Å². The first-order chi connectivity index (χ1) is 9.72. The van der Waals surface area contributed by atoms with E-state index in [0.717, 1.165) is 31.3 Å². The van der Waals surface area contributed by atoms with Crippen LogP contribution in [0.4, 0.5) is 0 Å². The van der Waals surface area contributed by atoms with Crippen LogP contribution in [0.25, 0.3) is 0 Å². The molecule has 0 amide bonds. The number of likely N-dealkylation sites (tertiary alicyclic amines) is 1. The second kappa shape index (κ2) is 5.71. The lowest BCUT2D eigenvalue weighted by molar-refractivity contribution is 0.217. The van der Waals surface area contributed by atoms with E-state index in [-0.39, 0.29) is 0 Å². The van der Waals surface area contributed by atoms with Crippen molar-refractivity contribution in [1.29, 1.82) is 0 Å². The molecular formula is C15H21N5. The third-order valence-electron chi connectivity index (χ3n) is 3.95. The Labute approximate surface area is 119 Å². The third kappa shape index (κ3) is 2.88. The van der Waals surface area contributed by atoms with Gasteiger partial charge in [-0.25, -0.2) is 9.67 Å². The molecule has 0 bridgehead atoms. The summed E-state index contributed by atoms with van der Waals surface area (Å²) in [5.74, 6) is 1.87. The van der Waals surface area contributed by atoms with Gasteiger partial charge >= 0.3 is 0 Å². The Hall–Kier alpha value is -1.75. The molecular weight excluding hydrogens is 250 g/mol. The summed E-state index contributed by atoms with van der Waals surface area (Å²) >= 11 is 0. The van der Waals surface area contributed by atoms with Gasteiger partial charge in [-0.15, -0.1) is 0 Å². The SMILES string of the molecule is Cc1nc(C)n(C[C@H]2CCCN2Cc2cccnc2)n1. The zero-order valence-electron chi connectivity index (χ0n) is 12.2. The maximum atomic E-state index is 4.48. The van der Waals surface area contributed by atoms with Crippen LogP contribution in [0, 0.1) is 13.8 Å². The summed E-state index contributed by atoms with van der Waals surface area (Å²) in [6, 6.07) is 4.70. The molecule has 1 fully saturated rings. The second-order valence-electron chi connectivity index (χ2n) is 5.52. The van der Waals surface area contributed by atoms with Gasteiger partial charge in [0.25, 0.3) is 0 Å². The summed E-state index contributed by atoms with van der Waals surface area (Å²) in [5, 5.41) is 4.48. The van der Waals surface area contributed by atoms with Crippen molar-refractivity contribution in [2.24, 2.45) is 0 Å². The van der Waals surface area contributed by atoms with Crippen LogP contribution in [-0.2, 0) is 13.1 Å². The minimum absolute atomic E-state index is 0.551. The van der Waals surface area contributed by atoms with Crippen LogP contribution in [0.15, 0.2) is 24.5 Å². The fourth-order valence-electron chi connectivity index (χ4n) is 2.97. The van der Waals surface area contributed by atoms with E-state index in [2.05, 4.69) is 26.0 Å². The minimum atomic E-state index is 0.551. The molecule has 0 spiro atoms. The van der Waals surface area contributed by atoms with E-state index in [0.29, 0.717) is 6.04 Å². The van der Waals surface area contributed by atoms with Crippen molar-refractivity contribution in [2.45, 2.75) is 45.8 Å². The Morgan fingerprint density at radius 2 is 2.25 bits per heavy atom. The van der Waals surface area contributed by atoms with Gasteiger partial charge in [-0.3, -0.25) is 9.88 Å². The van der Waals surface area contributed by atoms with E-state index in [1.807, 2.05) is 37.0 Å². The summed E-state index contributed by atoms with van der Waals surface area (Å²) in [4.78, 5) is 11.1. The van der Waals surface area contributed by atoms with Gasteiger partial charge in [-0.05, 0) is 44.9 Å². The number of pyridine rings is 1. The lowest BCUT2D eigenvalue weighted by Crippen LogP contribution is -2.33. The Kier molecular flexibility index (Phi) is 3.78. The van der Waals surface area contributed by atoms with E-state index in [1.165, 1.54) is 18.4 Å². The van der Waals surface area contributed by atoms with Gasteiger partial charge in [0, 0.05) is 25.0 Å². The van der Waals surface area contributed by atoms with Crippen molar-refractivity contribution in [2.75, 3.05) is 6.54 Å². The van der Waals surface area contributed by atoms with Crippen LogP contribution in [0.1, 0.15) is 30.1 Å². The summed E-state index contributed by atoms with van der Waals surface area (Å²) in [6.45, 7) is 7.05. The van der Waals surface area contributed by atoms with Gasteiger partial charge in [-0.2, -0.15) is 5.10 Å². The molecule has 106 valence electrons. The fraction of sp³-hybridized carbons (Fsp3) is 0.533. The minimum Gasteiger partial charge on any atom is -0.294 e. The van der Waals surface area contributed by atoms with Crippen LogP contribution in [0.3, 0.4) is 0 Å². The normalized spacial score (nSPS) is 19.6. The predicted molar refractivity (Wildman–Crippen MR) is 77.2 cm³/mol. The molecule has 3 rings (SSSR count). The highest BCUT2D eigenvalue weighted by molar-refractivity contribution is 5.08. The number of hydrogen-bond acceptors (Lipinski definition) is 4. The van der Waals surface area contributed by atoms with Crippen LogP contribution in [-0.4, -0.2) is 37.2 Å². The molecule has 0 saturated carbocycles. The zero-order valence-corrected chi connectivity index (χ0v) is 12.2. The second-order valence-corrected chi connectivity index (χ2v) is 5.52. The molecule has 1 saturated heterocycles. The quantitative estimate of drug-likeness (QED) is 0.853. The monoisotopic (exact) mass is 271 g/mol. The van der Waals surface area contributed by atoms with Gasteiger partial charge in [0.15, 0.2) is 0 Å². The molecule has 5 nitrogen and oxygen atoms in total. The first-order valence-corrected chi connectivity index (χ1v) is 7.23. The highest BCUT2D eigenvalue weighted by Crippen LogP contribution is 2.21. The smallest absolute Gasteiger partial charge is 0.147 e. The molecule has 0 unspecified atom stereocenters. The van der Waals surface area contributed by atoms with Crippen molar-refractivity contribution in [3.05, 3.63) is 41.7 Å². The van der Waals surface area contributed by atoms with Crippen molar-refractivity contribution in [3.8, 4) is 0 Å². The summed E-state index contributed by atoms with van der Waals surface area (Å²) in [7, 11) is 0. The third-order valence-corrected chi connectivity index (χ3v) is 3.95. The van der Waals surface area contributed by atoms with Crippen molar-refractivity contribution in [3.63, 3.8) is 0 Å². The summed E-state index contributed by atoms with van der Waals surface area (Å²) < 4.78 is 2.04. The average Bonchev–Trinajstić information content (AvgIpc) is 2.99. The van der Waals surface area contributed by atoms with Crippen LogP contribution in [0.2, 0.25) is 0 Å². The topological polar surface area (TPSA) is 46.8 Å². The first kappa shape index (κ1) is 13.2. The number of hydrogen-bond donors (Lipinski definition) is 0. The van der Waals surface area contributed by atoms with E-state index in [9.17, 15) is 0 Å². The van der Waals surface area contributed by atoms with Gasteiger partial charge in [-0.1, -0.05) is 6.07 Å². The zero-order chi connectivity index (χ0) is 13.9. The molecule has 0 radical (unpaired) electrons. The highest BCUT2D eigenvalue weighted by Gasteiger charge is 2.25.